The molecule has 0 atom stereocenters. The molecular formula is C19H17Cl2FN6O5. The smallest absolute Gasteiger partial charge is 0.414 e. The van der Waals surface area contributed by atoms with E-state index in [0.29, 0.717) is 5.56 Å². The lowest BCUT2D eigenvalue weighted by Gasteiger charge is -2.13. The summed E-state index contributed by atoms with van der Waals surface area (Å²) in [6.07, 6.45) is -1.08. The van der Waals surface area contributed by atoms with Crippen LogP contribution in [0.25, 0.3) is 0 Å². The molecule has 0 fully saturated rings. The van der Waals surface area contributed by atoms with Crippen LogP contribution in [-0.2, 0) is 9.53 Å². The average Bonchev–Trinajstić information content (AvgIpc) is 2.75. The van der Waals surface area contributed by atoms with E-state index in [9.17, 15) is 18.8 Å². The van der Waals surface area contributed by atoms with E-state index in [1.165, 1.54) is 19.1 Å². The third-order valence-electron chi connectivity index (χ3n) is 3.85. The number of halogens is 3. The van der Waals surface area contributed by atoms with Crippen LogP contribution in [0.5, 0.6) is 11.6 Å². The molecule has 0 aliphatic carbocycles. The lowest BCUT2D eigenvalue weighted by atomic mass is 10.1. The van der Waals surface area contributed by atoms with Gasteiger partial charge in [-0.3, -0.25) is 20.3 Å². The molecule has 0 radical (unpaired) electrons. The minimum atomic E-state index is -1.17. The Morgan fingerprint density at radius 3 is 2.67 bits per heavy atom. The third-order valence-corrected chi connectivity index (χ3v) is 4.47. The Labute approximate surface area is 196 Å². The summed E-state index contributed by atoms with van der Waals surface area (Å²) in [5.74, 6) is -2.76. The van der Waals surface area contributed by atoms with Crippen molar-refractivity contribution in [2.24, 2.45) is 5.10 Å². The first-order valence-electron chi connectivity index (χ1n) is 9.25. The fourth-order valence-electron chi connectivity index (χ4n) is 2.30. The van der Waals surface area contributed by atoms with Crippen molar-refractivity contribution in [3.63, 3.8) is 0 Å². The molecule has 1 aromatic heterocycles. The Morgan fingerprint density at radius 2 is 2.06 bits per heavy atom. The molecule has 174 valence electrons. The number of aromatic amines is 1. The largest absolute Gasteiger partial charge is 0.450 e. The van der Waals surface area contributed by atoms with Crippen molar-refractivity contribution in [3.8, 4) is 17.7 Å². The monoisotopic (exact) mass is 498 g/mol. The van der Waals surface area contributed by atoms with Gasteiger partial charge in [0.05, 0.1) is 17.3 Å². The van der Waals surface area contributed by atoms with E-state index >= 15 is 0 Å². The molecule has 0 spiro atoms. The molecule has 0 aliphatic heterocycles. The molecular weight excluding hydrogens is 482 g/mol. The highest BCUT2D eigenvalue weighted by Gasteiger charge is 2.21. The van der Waals surface area contributed by atoms with Gasteiger partial charge in [0.15, 0.2) is 11.6 Å². The highest BCUT2D eigenvalue weighted by Crippen LogP contribution is 2.41. The number of carbonyl (C=O) groups is 2. The van der Waals surface area contributed by atoms with Gasteiger partial charge in [0.1, 0.15) is 11.1 Å². The number of nitrogens with zero attached hydrogens (tertiary/aromatic N) is 3. The molecule has 0 bridgehead atoms. The van der Waals surface area contributed by atoms with Crippen LogP contribution in [0, 0.1) is 17.1 Å². The normalized spacial score (nSPS) is 11.0. The number of hydrogen-bond donors (Lipinski definition) is 3. The fourth-order valence-corrected chi connectivity index (χ4v) is 2.83. The number of hydrogen-bond acceptors (Lipinski definition) is 9. The zero-order valence-corrected chi connectivity index (χ0v) is 19.0. The molecule has 33 heavy (non-hydrogen) atoms. The maximum absolute atomic E-state index is 14.7. The number of nitrogens with one attached hydrogen (secondary N) is 3. The summed E-state index contributed by atoms with van der Waals surface area (Å²) in [5, 5.41) is 19.5. The van der Waals surface area contributed by atoms with Crippen LogP contribution in [0.4, 0.5) is 14.9 Å². The van der Waals surface area contributed by atoms with Gasteiger partial charge >= 0.3 is 6.09 Å². The second-order valence-electron chi connectivity index (χ2n) is 6.47. The van der Waals surface area contributed by atoms with Gasteiger partial charge in [-0.05, 0) is 18.9 Å². The quantitative estimate of drug-likeness (QED) is 0.296. The number of alkyl carbamates (subject to hydrolysis) is 1. The number of benzene rings is 1. The van der Waals surface area contributed by atoms with E-state index in [0.717, 1.165) is 6.07 Å². The van der Waals surface area contributed by atoms with Gasteiger partial charge in [0.25, 0.3) is 11.5 Å². The van der Waals surface area contributed by atoms with Crippen LogP contribution in [0.15, 0.2) is 22.0 Å². The third kappa shape index (κ3) is 6.41. The predicted molar refractivity (Wildman–Crippen MR) is 117 cm³/mol. The van der Waals surface area contributed by atoms with Gasteiger partial charge < -0.3 is 9.47 Å². The van der Waals surface area contributed by atoms with E-state index in [1.54, 1.807) is 19.2 Å². The van der Waals surface area contributed by atoms with Gasteiger partial charge in [-0.1, -0.05) is 37.0 Å². The molecule has 3 N–H and O–H groups in total. The molecule has 14 heteroatoms. The molecule has 0 saturated carbocycles. The van der Waals surface area contributed by atoms with Crippen LogP contribution in [0.1, 0.15) is 32.3 Å². The number of carbonyl (C=O) groups excluding carboxylic acids is 2. The zero-order chi connectivity index (χ0) is 24.7. The van der Waals surface area contributed by atoms with Crippen molar-refractivity contribution in [2.75, 3.05) is 12.0 Å². The van der Waals surface area contributed by atoms with Crippen LogP contribution in [-0.4, -0.2) is 34.5 Å². The Balaban J connectivity index is 2.29. The van der Waals surface area contributed by atoms with Crippen molar-refractivity contribution in [2.45, 2.75) is 26.7 Å². The number of amides is 2. The summed E-state index contributed by atoms with van der Waals surface area (Å²) >= 11 is 12.2. The van der Waals surface area contributed by atoms with Crippen molar-refractivity contribution in [1.82, 2.24) is 15.5 Å². The molecule has 2 aromatic rings. The van der Waals surface area contributed by atoms with Crippen LogP contribution in [0.3, 0.4) is 0 Å². The molecule has 11 nitrogen and oxygen atoms in total. The number of anilines is 1. The summed E-state index contributed by atoms with van der Waals surface area (Å²) in [6.45, 7) is 5.10. The Morgan fingerprint density at radius 1 is 1.36 bits per heavy atom. The number of nitriles is 1. The summed E-state index contributed by atoms with van der Waals surface area (Å²) in [4.78, 5) is 34.9. The van der Waals surface area contributed by atoms with Gasteiger partial charge in [-0.25, -0.2) is 14.3 Å². The maximum atomic E-state index is 14.7. The van der Waals surface area contributed by atoms with Crippen LogP contribution in [0.2, 0.25) is 10.0 Å². The number of aromatic nitrogens is 2. The number of H-pyrrole nitrogens is 1. The SMILES string of the molecule is CCOC(=O)NC(=O)/C(C#N)=N/Nc1cc(Cl)c(Oc2cc(C(C)C)c(=O)[nH]n2)c(Cl)c1F. The lowest BCUT2D eigenvalue weighted by molar-refractivity contribution is -0.114. The fraction of sp³-hybridized carbons (Fsp3) is 0.263. The summed E-state index contributed by atoms with van der Waals surface area (Å²) < 4.78 is 24.7. The molecule has 2 amide bonds. The van der Waals surface area contributed by atoms with Gasteiger partial charge in [0.2, 0.25) is 11.6 Å². The Bertz CT molecular complexity index is 1210. The van der Waals surface area contributed by atoms with Crippen molar-refractivity contribution in [3.05, 3.63) is 43.9 Å². The Hall–Kier alpha value is -3.69. The zero-order valence-electron chi connectivity index (χ0n) is 17.5. The number of rotatable bonds is 7. The number of ether oxygens (including phenoxy) is 2. The van der Waals surface area contributed by atoms with Gasteiger partial charge in [-0.15, -0.1) is 5.10 Å². The van der Waals surface area contributed by atoms with E-state index in [1.807, 2.05) is 0 Å². The maximum Gasteiger partial charge on any atom is 0.414 e. The van der Waals surface area contributed by atoms with E-state index < -0.39 is 39.8 Å². The molecule has 2 rings (SSSR count). The first kappa shape index (κ1) is 25.6. The minimum absolute atomic E-state index is 0.000386. The molecule has 0 saturated heterocycles. The molecule has 0 unspecified atom stereocenters. The van der Waals surface area contributed by atoms with Crippen molar-refractivity contribution >= 4 is 46.6 Å². The first-order valence-corrected chi connectivity index (χ1v) is 10.0. The lowest BCUT2D eigenvalue weighted by Crippen LogP contribution is -2.36. The molecule has 0 aliphatic rings. The minimum Gasteiger partial charge on any atom is -0.450 e. The van der Waals surface area contributed by atoms with E-state index in [-0.39, 0.29) is 29.2 Å². The van der Waals surface area contributed by atoms with Gasteiger partial charge in [0, 0.05) is 11.6 Å². The predicted octanol–water partition coefficient (Wildman–Crippen LogP) is 3.70. The Kier molecular flexibility index (Phi) is 8.72. The van der Waals surface area contributed by atoms with E-state index in [2.05, 4.69) is 25.5 Å². The van der Waals surface area contributed by atoms with Crippen molar-refractivity contribution < 1.29 is 23.5 Å². The van der Waals surface area contributed by atoms with Crippen molar-refractivity contribution in [1.29, 1.82) is 5.26 Å². The summed E-state index contributed by atoms with van der Waals surface area (Å²) in [7, 11) is 0. The van der Waals surface area contributed by atoms with E-state index in [4.69, 9.17) is 33.2 Å². The summed E-state index contributed by atoms with van der Waals surface area (Å²) in [6, 6.07) is 3.85. The first-order chi connectivity index (χ1) is 15.6. The topological polar surface area (TPSA) is 159 Å². The molecule has 1 aromatic carbocycles. The number of hydrazone groups is 1. The number of imide groups is 1. The standard InChI is InChI=1S/C19H17Cl2FN6O5/c1-4-32-19(31)24-18(30)12(7-23)26-25-11-6-10(20)16(14(21)15(11)22)33-13-5-9(8(2)3)17(29)28-27-13/h5-6,8,25H,4H2,1-3H3,(H,28,29)(H,24,30,31)/b26-12+. The van der Waals surface area contributed by atoms with Crippen LogP contribution < -0.4 is 21.0 Å². The highest BCUT2D eigenvalue weighted by molar-refractivity contribution is 6.47. The van der Waals surface area contributed by atoms with Gasteiger partial charge in [-0.2, -0.15) is 10.4 Å². The highest BCUT2D eigenvalue weighted by atomic mass is 35.5. The molecule has 1 heterocycles. The average molecular weight is 499 g/mol. The summed E-state index contributed by atoms with van der Waals surface area (Å²) in [5.41, 5.74) is 0.926. The van der Waals surface area contributed by atoms with Crippen LogP contribution >= 0.6 is 23.2 Å². The second-order valence-corrected chi connectivity index (χ2v) is 7.25. The second kappa shape index (κ2) is 11.3.